The molecule has 1 aromatic heterocycles. The summed E-state index contributed by atoms with van der Waals surface area (Å²) in [5.74, 6) is -5.50. The van der Waals surface area contributed by atoms with Gasteiger partial charge in [-0.3, -0.25) is 0 Å². The number of nitrogens with one attached hydrogen (secondary N) is 2. The van der Waals surface area contributed by atoms with Gasteiger partial charge in [-0.25, -0.2) is 19.0 Å². The van der Waals surface area contributed by atoms with Gasteiger partial charge in [0, 0.05) is 19.2 Å². The van der Waals surface area contributed by atoms with E-state index >= 15 is 0 Å². The third-order valence-electron chi connectivity index (χ3n) is 4.00. The van der Waals surface area contributed by atoms with E-state index in [0.717, 1.165) is 25.9 Å². The van der Waals surface area contributed by atoms with Crippen LogP contribution in [-0.2, 0) is 14.3 Å². The number of hydrogen-bond donors (Lipinski definition) is 4. The summed E-state index contributed by atoms with van der Waals surface area (Å²) in [7, 11) is 0. The molecule has 3 rings (SSSR count). The molecule has 2 saturated heterocycles. The van der Waals surface area contributed by atoms with Gasteiger partial charge in [-0.2, -0.15) is 26.3 Å². The first-order valence-electron chi connectivity index (χ1n) is 8.48. The lowest BCUT2D eigenvalue weighted by atomic mass is 9.97. The fourth-order valence-corrected chi connectivity index (χ4v) is 2.64. The fraction of sp³-hybridized carbons (Fsp3) is 0.562. The monoisotopic (exact) mass is 465 g/mol. The molecule has 2 unspecified atom stereocenters. The number of halogens is 7. The van der Waals surface area contributed by atoms with Crippen molar-refractivity contribution in [1.29, 1.82) is 0 Å². The van der Waals surface area contributed by atoms with Crippen molar-refractivity contribution in [3.63, 3.8) is 0 Å². The summed E-state index contributed by atoms with van der Waals surface area (Å²) in [6, 6.07) is 3.16. The van der Waals surface area contributed by atoms with Gasteiger partial charge in [-0.15, -0.1) is 0 Å². The van der Waals surface area contributed by atoms with E-state index in [1.165, 1.54) is 6.07 Å². The molecule has 4 N–H and O–H groups in total. The zero-order valence-electron chi connectivity index (χ0n) is 15.6. The summed E-state index contributed by atoms with van der Waals surface area (Å²) in [4.78, 5) is 21.8. The van der Waals surface area contributed by atoms with Crippen LogP contribution < -0.4 is 10.6 Å². The van der Waals surface area contributed by atoms with Gasteiger partial charge in [0.2, 0.25) is 0 Å². The number of carboxylic acids is 2. The third kappa shape index (κ3) is 8.92. The molecule has 2 atom stereocenters. The van der Waals surface area contributed by atoms with Gasteiger partial charge in [0.15, 0.2) is 11.6 Å². The Morgan fingerprint density at radius 1 is 1.16 bits per heavy atom. The molecule has 1 spiro atoms. The van der Waals surface area contributed by atoms with E-state index < -0.39 is 24.3 Å². The highest BCUT2D eigenvalue weighted by Gasteiger charge is 2.43. The highest BCUT2D eigenvalue weighted by molar-refractivity contribution is 5.73. The number of pyridine rings is 1. The molecule has 2 fully saturated rings. The molecular formula is C16H18F7N3O5. The minimum absolute atomic E-state index is 0.0388. The zero-order valence-corrected chi connectivity index (χ0v) is 15.6. The molecule has 176 valence electrons. The minimum Gasteiger partial charge on any atom is -0.475 e. The molecule has 15 heteroatoms. The Hall–Kier alpha value is -2.68. The lowest BCUT2D eigenvalue weighted by Gasteiger charge is -2.20. The number of carboxylic acid groups (broad SMARTS) is 2. The lowest BCUT2D eigenvalue weighted by Crippen LogP contribution is -2.31. The molecule has 0 aromatic carbocycles. The standard InChI is InChI=1S/C12H16FN3O.2C2HF3O2/c13-10-2-1-4-15-11(10)16-9-6-12(17-7-9)3-5-14-8-12;2*3-2(4,5)1(6)7/h1-2,4,9,14H,3,5-8H2,(H,15,16);2*(H,6,7). The first kappa shape index (κ1) is 26.4. The number of rotatable bonds is 2. The van der Waals surface area contributed by atoms with Crippen LogP contribution in [0.3, 0.4) is 0 Å². The number of aromatic nitrogens is 1. The van der Waals surface area contributed by atoms with Gasteiger partial charge < -0.3 is 25.6 Å². The topological polar surface area (TPSA) is 121 Å². The fourth-order valence-electron chi connectivity index (χ4n) is 2.64. The minimum atomic E-state index is -5.08. The van der Waals surface area contributed by atoms with Gasteiger partial charge in [-0.1, -0.05) is 0 Å². The highest BCUT2D eigenvalue weighted by Crippen LogP contribution is 2.32. The lowest BCUT2D eigenvalue weighted by molar-refractivity contribution is -0.193. The Balaban J connectivity index is 0.000000288. The summed E-state index contributed by atoms with van der Waals surface area (Å²) >= 11 is 0. The van der Waals surface area contributed by atoms with Crippen LogP contribution in [0, 0.1) is 5.82 Å². The van der Waals surface area contributed by atoms with E-state index in [2.05, 4.69) is 15.6 Å². The molecule has 0 amide bonds. The van der Waals surface area contributed by atoms with Crippen molar-refractivity contribution in [1.82, 2.24) is 10.3 Å². The van der Waals surface area contributed by atoms with Gasteiger partial charge in [-0.05, 0) is 25.1 Å². The van der Waals surface area contributed by atoms with E-state index in [4.69, 9.17) is 24.5 Å². The van der Waals surface area contributed by atoms with Gasteiger partial charge in [0.1, 0.15) is 0 Å². The number of nitrogens with zero attached hydrogens (tertiary/aromatic N) is 1. The van der Waals surface area contributed by atoms with Crippen LogP contribution in [0.5, 0.6) is 0 Å². The maximum atomic E-state index is 13.4. The van der Waals surface area contributed by atoms with Crippen molar-refractivity contribution in [3.8, 4) is 0 Å². The Morgan fingerprint density at radius 2 is 1.71 bits per heavy atom. The van der Waals surface area contributed by atoms with Crippen LogP contribution in [0.1, 0.15) is 12.8 Å². The number of aliphatic carboxylic acids is 2. The van der Waals surface area contributed by atoms with Crippen LogP contribution in [0.2, 0.25) is 0 Å². The largest absolute Gasteiger partial charge is 0.490 e. The molecule has 3 heterocycles. The average Bonchev–Trinajstić information content (AvgIpc) is 3.26. The van der Waals surface area contributed by atoms with Gasteiger partial charge in [0.25, 0.3) is 0 Å². The zero-order chi connectivity index (χ0) is 23.9. The van der Waals surface area contributed by atoms with Crippen molar-refractivity contribution in [3.05, 3.63) is 24.1 Å². The van der Waals surface area contributed by atoms with Crippen molar-refractivity contribution in [2.24, 2.45) is 0 Å². The Labute approximate surface area is 170 Å². The maximum absolute atomic E-state index is 13.4. The Morgan fingerprint density at radius 3 is 2.13 bits per heavy atom. The van der Waals surface area contributed by atoms with Crippen molar-refractivity contribution in [2.45, 2.75) is 36.8 Å². The molecule has 0 radical (unpaired) electrons. The third-order valence-corrected chi connectivity index (χ3v) is 4.00. The molecular weight excluding hydrogens is 447 g/mol. The van der Waals surface area contributed by atoms with Gasteiger partial charge >= 0.3 is 24.3 Å². The molecule has 0 aliphatic carbocycles. The number of carbonyl (C=O) groups is 2. The maximum Gasteiger partial charge on any atom is 0.490 e. The van der Waals surface area contributed by atoms with Crippen LogP contribution in [-0.4, -0.2) is 70.8 Å². The molecule has 1 aromatic rings. The number of alkyl halides is 6. The summed E-state index contributed by atoms with van der Waals surface area (Å²) in [6.07, 6.45) is -6.62. The predicted molar refractivity (Wildman–Crippen MR) is 89.8 cm³/mol. The quantitative estimate of drug-likeness (QED) is 0.492. The summed E-state index contributed by atoms with van der Waals surface area (Å²) < 4.78 is 82.8. The summed E-state index contributed by atoms with van der Waals surface area (Å²) in [5.41, 5.74) is -0.0388. The highest BCUT2D eigenvalue weighted by atomic mass is 19.4. The van der Waals surface area contributed by atoms with Crippen LogP contribution >= 0.6 is 0 Å². The van der Waals surface area contributed by atoms with E-state index in [1.807, 2.05) is 0 Å². The van der Waals surface area contributed by atoms with Crippen LogP contribution in [0.15, 0.2) is 18.3 Å². The number of hydrogen-bond acceptors (Lipinski definition) is 6. The molecule has 0 bridgehead atoms. The van der Waals surface area contributed by atoms with E-state index in [1.54, 1.807) is 12.3 Å². The van der Waals surface area contributed by atoms with E-state index in [0.29, 0.717) is 12.4 Å². The second kappa shape index (κ2) is 10.6. The van der Waals surface area contributed by atoms with Crippen LogP contribution in [0.25, 0.3) is 0 Å². The first-order valence-corrected chi connectivity index (χ1v) is 8.48. The number of anilines is 1. The van der Waals surface area contributed by atoms with Crippen molar-refractivity contribution in [2.75, 3.05) is 25.0 Å². The SMILES string of the molecule is Fc1cccnc1NC1COC2(CCNC2)C1.O=C(O)C(F)(F)F.O=C(O)C(F)(F)F. The summed E-state index contributed by atoms with van der Waals surface area (Å²) in [5, 5.41) is 20.7. The Bertz CT molecular complexity index is 728. The van der Waals surface area contributed by atoms with E-state index in [9.17, 15) is 30.7 Å². The van der Waals surface area contributed by atoms with Gasteiger partial charge in [0.05, 0.1) is 18.2 Å². The van der Waals surface area contributed by atoms with Crippen molar-refractivity contribution >= 4 is 17.8 Å². The van der Waals surface area contributed by atoms with Crippen molar-refractivity contribution < 1.29 is 55.3 Å². The smallest absolute Gasteiger partial charge is 0.475 e. The van der Waals surface area contributed by atoms with Crippen LogP contribution in [0.4, 0.5) is 36.6 Å². The second-order valence-corrected chi connectivity index (χ2v) is 6.41. The average molecular weight is 465 g/mol. The predicted octanol–water partition coefficient (Wildman–Crippen LogP) is 2.42. The molecule has 8 nitrogen and oxygen atoms in total. The Kier molecular flexibility index (Phi) is 8.98. The summed E-state index contributed by atoms with van der Waals surface area (Å²) in [6.45, 7) is 2.53. The molecule has 0 saturated carbocycles. The molecule has 31 heavy (non-hydrogen) atoms. The van der Waals surface area contributed by atoms with E-state index in [-0.39, 0.29) is 17.5 Å². The number of ether oxygens (including phenoxy) is 1. The molecule has 2 aliphatic heterocycles. The first-order chi connectivity index (χ1) is 14.2. The normalized spacial score (nSPS) is 22.7. The second-order valence-electron chi connectivity index (χ2n) is 6.41. The molecule has 2 aliphatic rings.